The molecule has 0 spiro atoms. The summed E-state index contributed by atoms with van der Waals surface area (Å²) in [5.41, 5.74) is 1.17. The summed E-state index contributed by atoms with van der Waals surface area (Å²) in [5, 5.41) is 12.8. The highest BCUT2D eigenvalue weighted by Gasteiger charge is 2.02. The molecule has 58 valence electrons. The lowest BCUT2D eigenvalue weighted by Gasteiger charge is -1.91. The van der Waals surface area contributed by atoms with Crippen LogP contribution in [0.2, 0.25) is 5.15 Å². The fourth-order valence-electron chi connectivity index (χ4n) is 0.961. The first-order valence-electron chi connectivity index (χ1n) is 3.20. The van der Waals surface area contributed by atoms with Gasteiger partial charge in [0.25, 0.3) is 0 Å². The van der Waals surface area contributed by atoms with Crippen LogP contribution in [0.1, 0.15) is 5.56 Å². The standard InChI is InChI=1S/C7H3ClN4/c8-7-6-1-5(2-9)3-12(6)11-4-10-7/h1,3-4H. The van der Waals surface area contributed by atoms with E-state index in [0.29, 0.717) is 16.2 Å². The van der Waals surface area contributed by atoms with Crippen molar-refractivity contribution >= 4 is 17.1 Å². The van der Waals surface area contributed by atoms with E-state index in [0.717, 1.165) is 0 Å². The third kappa shape index (κ3) is 0.917. The van der Waals surface area contributed by atoms with Crippen LogP contribution in [0, 0.1) is 11.3 Å². The Hall–Kier alpha value is -1.60. The van der Waals surface area contributed by atoms with Gasteiger partial charge in [0.1, 0.15) is 17.9 Å². The van der Waals surface area contributed by atoms with Crippen LogP contribution in [-0.4, -0.2) is 14.6 Å². The molecule has 0 bridgehead atoms. The third-order valence-electron chi connectivity index (χ3n) is 1.49. The average Bonchev–Trinajstić information content (AvgIpc) is 2.49. The first-order chi connectivity index (χ1) is 5.81. The lowest BCUT2D eigenvalue weighted by molar-refractivity contribution is 0.902. The molecule has 0 N–H and O–H groups in total. The Balaban J connectivity index is 2.85. The molecule has 0 radical (unpaired) electrons. The summed E-state index contributed by atoms with van der Waals surface area (Å²) < 4.78 is 1.52. The Morgan fingerprint density at radius 2 is 2.42 bits per heavy atom. The number of nitriles is 1. The van der Waals surface area contributed by atoms with Crippen molar-refractivity contribution in [3.05, 3.63) is 29.3 Å². The molecule has 0 aromatic carbocycles. The Labute approximate surface area is 73.0 Å². The second-order valence-electron chi connectivity index (χ2n) is 2.22. The first kappa shape index (κ1) is 7.07. The van der Waals surface area contributed by atoms with Gasteiger partial charge in [0.2, 0.25) is 0 Å². The zero-order valence-corrected chi connectivity index (χ0v) is 6.65. The van der Waals surface area contributed by atoms with Crippen LogP contribution >= 0.6 is 11.6 Å². The van der Waals surface area contributed by atoms with Crippen molar-refractivity contribution in [2.75, 3.05) is 0 Å². The minimum Gasteiger partial charge on any atom is -0.235 e. The summed E-state index contributed by atoms with van der Waals surface area (Å²) in [6.07, 6.45) is 2.94. The van der Waals surface area contributed by atoms with E-state index in [-0.39, 0.29) is 0 Å². The van der Waals surface area contributed by atoms with Gasteiger partial charge in [-0.15, -0.1) is 0 Å². The van der Waals surface area contributed by atoms with Gasteiger partial charge in [0.15, 0.2) is 5.15 Å². The maximum absolute atomic E-state index is 8.57. The van der Waals surface area contributed by atoms with Crippen molar-refractivity contribution in [3.8, 4) is 6.07 Å². The summed E-state index contributed by atoms with van der Waals surface area (Å²) in [6.45, 7) is 0. The van der Waals surface area contributed by atoms with E-state index in [4.69, 9.17) is 16.9 Å². The fraction of sp³-hybridized carbons (Fsp3) is 0. The maximum atomic E-state index is 8.57. The molecule has 0 saturated carbocycles. The maximum Gasteiger partial charge on any atom is 0.156 e. The van der Waals surface area contributed by atoms with Crippen LogP contribution in [0.4, 0.5) is 0 Å². The second-order valence-corrected chi connectivity index (χ2v) is 2.58. The van der Waals surface area contributed by atoms with Crippen LogP contribution in [-0.2, 0) is 0 Å². The van der Waals surface area contributed by atoms with Gasteiger partial charge in [-0.2, -0.15) is 10.4 Å². The molecule has 2 heterocycles. The van der Waals surface area contributed by atoms with Crippen molar-refractivity contribution in [1.82, 2.24) is 14.6 Å². The highest BCUT2D eigenvalue weighted by Crippen LogP contribution is 2.14. The van der Waals surface area contributed by atoms with E-state index in [9.17, 15) is 0 Å². The monoisotopic (exact) mass is 178 g/mol. The number of halogens is 1. The van der Waals surface area contributed by atoms with E-state index >= 15 is 0 Å². The zero-order chi connectivity index (χ0) is 8.55. The molecule has 12 heavy (non-hydrogen) atoms. The van der Waals surface area contributed by atoms with Crippen LogP contribution in [0.5, 0.6) is 0 Å². The minimum absolute atomic E-state index is 0.353. The quantitative estimate of drug-likeness (QED) is 0.610. The smallest absolute Gasteiger partial charge is 0.156 e. The molecule has 2 aromatic heterocycles. The molecule has 0 fully saturated rings. The second kappa shape index (κ2) is 2.47. The number of hydrogen-bond acceptors (Lipinski definition) is 3. The number of nitrogens with zero attached hydrogens (tertiary/aromatic N) is 4. The zero-order valence-electron chi connectivity index (χ0n) is 5.90. The lowest BCUT2D eigenvalue weighted by atomic mass is 10.4. The van der Waals surface area contributed by atoms with Crippen molar-refractivity contribution in [2.24, 2.45) is 0 Å². The van der Waals surface area contributed by atoms with E-state index in [2.05, 4.69) is 10.1 Å². The molecule has 0 saturated heterocycles. The largest absolute Gasteiger partial charge is 0.235 e. The van der Waals surface area contributed by atoms with Crippen LogP contribution in [0.15, 0.2) is 18.6 Å². The molecule has 0 atom stereocenters. The van der Waals surface area contributed by atoms with Gasteiger partial charge >= 0.3 is 0 Å². The molecule has 2 aromatic rings. The fourth-order valence-corrected chi connectivity index (χ4v) is 1.15. The first-order valence-corrected chi connectivity index (χ1v) is 3.58. The van der Waals surface area contributed by atoms with Gasteiger partial charge < -0.3 is 0 Å². The van der Waals surface area contributed by atoms with Crippen molar-refractivity contribution in [2.45, 2.75) is 0 Å². The van der Waals surface area contributed by atoms with Gasteiger partial charge in [-0.05, 0) is 6.07 Å². The van der Waals surface area contributed by atoms with Gasteiger partial charge in [-0.3, -0.25) is 0 Å². The minimum atomic E-state index is 0.353. The summed E-state index contributed by atoms with van der Waals surface area (Å²) in [7, 11) is 0. The molecule has 0 aliphatic carbocycles. The molecule has 4 nitrogen and oxygen atoms in total. The van der Waals surface area contributed by atoms with Gasteiger partial charge in [-0.25, -0.2) is 9.50 Å². The highest BCUT2D eigenvalue weighted by molar-refractivity contribution is 6.32. The van der Waals surface area contributed by atoms with E-state index in [1.807, 2.05) is 6.07 Å². The number of fused-ring (bicyclic) bond motifs is 1. The number of rotatable bonds is 0. The predicted molar refractivity (Wildman–Crippen MR) is 42.7 cm³/mol. The van der Waals surface area contributed by atoms with Crippen molar-refractivity contribution in [1.29, 1.82) is 5.26 Å². The Morgan fingerprint density at radius 3 is 3.08 bits per heavy atom. The summed E-state index contributed by atoms with van der Waals surface area (Å²) in [4.78, 5) is 3.78. The van der Waals surface area contributed by atoms with Gasteiger partial charge in [-0.1, -0.05) is 11.6 Å². The lowest BCUT2D eigenvalue weighted by Crippen LogP contribution is -1.90. The normalized spacial score (nSPS) is 10.0. The Morgan fingerprint density at radius 1 is 1.58 bits per heavy atom. The topological polar surface area (TPSA) is 54.0 Å². The van der Waals surface area contributed by atoms with Crippen molar-refractivity contribution in [3.63, 3.8) is 0 Å². The van der Waals surface area contributed by atoms with E-state index < -0.39 is 0 Å². The number of aromatic nitrogens is 3. The van der Waals surface area contributed by atoms with Gasteiger partial charge in [0.05, 0.1) is 5.56 Å². The molecule has 0 aliphatic rings. The average molecular weight is 179 g/mol. The van der Waals surface area contributed by atoms with Gasteiger partial charge in [0, 0.05) is 6.20 Å². The molecule has 0 aliphatic heterocycles. The molecular formula is C7H3ClN4. The molecule has 2 rings (SSSR count). The molecule has 0 amide bonds. The van der Waals surface area contributed by atoms with Crippen molar-refractivity contribution < 1.29 is 0 Å². The molecular weight excluding hydrogens is 176 g/mol. The predicted octanol–water partition coefficient (Wildman–Crippen LogP) is 1.25. The molecule has 0 unspecified atom stereocenters. The highest BCUT2D eigenvalue weighted by atomic mass is 35.5. The summed E-state index contributed by atoms with van der Waals surface area (Å²) >= 11 is 5.75. The van der Waals surface area contributed by atoms with Crippen LogP contribution in [0.3, 0.4) is 0 Å². The van der Waals surface area contributed by atoms with E-state index in [1.165, 1.54) is 10.8 Å². The Bertz CT molecular complexity index is 468. The van der Waals surface area contributed by atoms with Crippen LogP contribution in [0.25, 0.3) is 5.52 Å². The molecule has 5 heteroatoms. The SMILES string of the molecule is N#Cc1cc2c(Cl)ncnn2c1. The van der Waals surface area contributed by atoms with E-state index in [1.54, 1.807) is 12.3 Å². The summed E-state index contributed by atoms with van der Waals surface area (Å²) in [6, 6.07) is 3.64. The number of hydrogen-bond donors (Lipinski definition) is 0. The third-order valence-corrected chi connectivity index (χ3v) is 1.78. The Kier molecular flexibility index (Phi) is 1.45. The van der Waals surface area contributed by atoms with Crippen LogP contribution < -0.4 is 0 Å². The summed E-state index contributed by atoms with van der Waals surface area (Å²) in [5.74, 6) is 0.